The van der Waals surface area contributed by atoms with Gasteiger partial charge in [-0.15, -0.1) is 11.8 Å². The first-order valence-corrected chi connectivity index (χ1v) is 45.5. The first kappa shape index (κ1) is 103. The minimum atomic E-state index is -1.87. The number of aromatic nitrogens is 6. The van der Waals surface area contributed by atoms with Crippen LogP contribution in [0.2, 0.25) is 0 Å². The Hall–Kier alpha value is -14.3. The van der Waals surface area contributed by atoms with E-state index in [0.29, 0.717) is 75.6 Å². The van der Waals surface area contributed by atoms with Gasteiger partial charge in [-0.3, -0.25) is 86.9 Å². The molecule has 45 heteroatoms. The number of H-pyrrole nitrogens is 4. The summed E-state index contributed by atoms with van der Waals surface area (Å²) in [5.74, 6) is -17.1. The number of primary amides is 2. The number of fused-ring (bicyclic) bond motifs is 3. The molecule has 722 valence electrons. The van der Waals surface area contributed by atoms with Crippen molar-refractivity contribution in [2.24, 2.45) is 17.2 Å². The Labute approximate surface area is 777 Å². The lowest BCUT2D eigenvalue weighted by Crippen LogP contribution is -2.61. The summed E-state index contributed by atoms with van der Waals surface area (Å²) in [5.41, 5.74) is 20.3. The second-order valence-electron chi connectivity index (χ2n) is 33.3. The van der Waals surface area contributed by atoms with E-state index in [0.717, 1.165) is 36.3 Å². The first-order valence-electron chi connectivity index (χ1n) is 44.3. The van der Waals surface area contributed by atoms with Crippen molar-refractivity contribution in [1.82, 2.24) is 113 Å². The van der Waals surface area contributed by atoms with Crippen molar-refractivity contribution in [3.8, 4) is 0 Å². The molecule has 4 aromatic heterocycles. The van der Waals surface area contributed by atoms with Crippen molar-refractivity contribution in [3.05, 3.63) is 144 Å². The third-order valence-corrected chi connectivity index (χ3v) is 24.4. The number of benzene rings is 3. The Kier molecular flexibility index (Phi) is 38.9. The highest BCUT2D eigenvalue weighted by molar-refractivity contribution is 8.00. The Balaban J connectivity index is 1.09. The van der Waals surface area contributed by atoms with Gasteiger partial charge in [0, 0.05) is 137 Å². The molecule has 7 aromatic rings. The van der Waals surface area contributed by atoms with E-state index in [4.69, 9.17) is 22.6 Å². The van der Waals surface area contributed by atoms with Gasteiger partial charge in [0.05, 0.1) is 44.5 Å². The molecule has 2 aliphatic rings. The lowest BCUT2D eigenvalue weighted by molar-refractivity contribution is -0.149. The highest BCUT2D eigenvalue weighted by Crippen LogP contribution is 2.26. The largest absolute Gasteiger partial charge is 0.394 e. The molecule has 3 aromatic carbocycles. The number of nitrogens with one attached hydrogen (secondary N) is 16. The average Bonchev–Trinajstić information content (AvgIpc) is 1.66. The molecule has 0 saturated carbocycles. The quantitative estimate of drug-likeness (QED) is 0.0144. The number of unbranched alkanes of at least 4 members (excludes halogenated alkanes) is 2. The van der Waals surface area contributed by atoms with Crippen LogP contribution in [0.3, 0.4) is 0 Å². The highest BCUT2D eigenvalue weighted by Gasteiger charge is 2.44. The van der Waals surface area contributed by atoms with Gasteiger partial charge in [0.15, 0.2) is 5.96 Å². The fourth-order valence-electron chi connectivity index (χ4n) is 15.9. The van der Waals surface area contributed by atoms with E-state index in [-0.39, 0.29) is 83.7 Å². The third kappa shape index (κ3) is 29.4. The topological polar surface area (TPSA) is 650 Å². The summed E-state index contributed by atoms with van der Waals surface area (Å²) >= 11 is 0.791. The molecule has 134 heavy (non-hydrogen) atoms. The molecule has 2 saturated heterocycles. The SMILES string of the molecule is CCCCC1C(=O)N(C)C(CCCC)C(=O)NC(CCCNC(=N)N)C(=O)NC(C(=O)NCC(N)=O)CSCC(=O)NC(Cc2ccccc2)C(=O)N(C)C(C)C(=O)NC(CC(N)=O)C(=O)N2CCCC2C(=O)NC(Cc2cnc[nH]2)C(=O)NC(Cc2cnc[nH]2)C(=O)N(C)CC(=O)NC(Cc2c[nH]c3ccccc23)C(=O)NC(CO)C(=O)NC(Cc2c[nH]c3ccccc23)C(=O)N1C. The maximum atomic E-state index is 15.7. The van der Waals surface area contributed by atoms with Crippen molar-refractivity contribution in [3.63, 3.8) is 0 Å². The van der Waals surface area contributed by atoms with Gasteiger partial charge < -0.3 is 125 Å². The molecule has 44 nitrogen and oxygen atoms in total. The van der Waals surface area contributed by atoms with E-state index in [9.17, 15) is 53.1 Å². The zero-order valence-corrected chi connectivity index (χ0v) is 76.7. The van der Waals surface area contributed by atoms with Gasteiger partial charge in [-0.2, -0.15) is 0 Å². The summed E-state index contributed by atoms with van der Waals surface area (Å²) in [4.78, 5) is 275. The number of rotatable bonds is 26. The molecule has 9 rings (SSSR count). The predicted molar refractivity (Wildman–Crippen MR) is 492 cm³/mol. The van der Waals surface area contributed by atoms with Crippen molar-refractivity contribution in [2.45, 2.75) is 202 Å². The van der Waals surface area contributed by atoms with Gasteiger partial charge in [-0.05, 0) is 74.3 Å². The molecule has 17 amide bonds. The number of carbonyl (C=O) groups is 17. The van der Waals surface area contributed by atoms with Gasteiger partial charge >= 0.3 is 0 Å². The Morgan fingerprint density at radius 1 is 0.500 bits per heavy atom. The zero-order chi connectivity index (χ0) is 97.4. The standard InChI is InChI=1S/C89H122N26O18S/c1-8-10-28-69-82(127)104-60(27-19-31-96-89(92)93)78(123)110-68(77(122)99-43-73(91)118)46-134-47-75(120)103-63(33-51-21-13-12-14-22-51)85(130)112(5)50(3)76(121)106-66(38-72(90)117)87(132)115-32-20-30-70(115)83(128)105-62(36-54-41-94-48-100-54)80(125)108-65(37-55-42-95-49-101-55)84(129)111(4)44-74(119)102-61(34-52-39-97-58-25-17-15-23-56(52)58)79(124)109-67(45-116)81(126)107-64(35-53-40-98-59-26-18-16-24-57(53)59)86(131)114(7)71(29-11-9-2)88(133)113(69)6/h12-18,21-26,39-42,48-50,60-71,97-98,116H,8-11,19-20,27-38,43-47H2,1-7H3,(H2,90,117)(H2,91,118)(H,94,100)(H,95,101)(H,99,122)(H,102,119)(H,103,120)(H,104,127)(H,105,128)(H,106,121)(H,107,126)(H,108,125)(H,109,124)(H,110,123)(H4,92,93,96). The Morgan fingerprint density at radius 3 is 1.59 bits per heavy atom. The Morgan fingerprint density at radius 2 is 1.01 bits per heavy atom. The smallest absolute Gasteiger partial charge is 0.246 e. The molecule has 13 atom stereocenters. The molecule has 2 aliphatic heterocycles. The fourth-order valence-corrected chi connectivity index (χ4v) is 16.8. The van der Waals surface area contributed by atoms with Crippen LogP contribution < -0.4 is 75.7 Å². The molecule has 6 heterocycles. The summed E-state index contributed by atoms with van der Waals surface area (Å²) in [5, 5.41) is 49.3. The van der Waals surface area contributed by atoms with Crippen LogP contribution in [0.1, 0.15) is 119 Å². The number of thioether (sulfide) groups is 1. The van der Waals surface area contributed by atoms with Crippen molar-refractivity contribution < 1.29 is 86.6 Å². The summed E-state index contributed by atoms with van der Waals surface area (Å²) in [7, 11) is 5.20. The second kappa shape index (κ2) is 50.4. The van der Waals surface area contributed by atoms with Gasteiger partial charge in [-0.25, -0.2) is 9.97 Å². The van der Waals surface area contributed by atoms with Crippen LogP contribution in [0.15, 0.2) is 116 Å². The number of guanidine groups is 1. The van der Waals surface area contributed by atoms with Crippen molar-refractivity contribution in [1.29, 1.82) is 5.41 Å². The Bertz CT molecular complexity index is 5290. The number of carbonyl (C=O) groups excluding carboxylic acids is 17. The van der Waals surface area contributed by atoms with E-state index in [2.05, 4.69) is 88.4 Å². The minimum absolute atomic E-state index is 0.0000762. The normalized spacial score (nSPS) is 23.3. The number of para-hydroxylation sites is 2. The van der Waals surface area contributed by atoms with Crippen LogP contribution in [0, 0.1) is 5.41 Å². The summed E-state index contributed by atoms with van der Waals surface area (Å²) < 4.78 is 0. The van der Waals surface area contributed by atoms with Crippen molar-refractivity contribution >= 4 is 140 Å². The van der Waals surface area contributed by atoms with Crippen molar-refractivity contribution in [2.75, 3.05) is 72.5 Å². The van der Waals surface area contributed by atoms with E-state index in [1.165, 1.54) is 60.2 Å². The second-order valence-corrected chi connectivity index (χ2v) is 34.3. The van der Waals surface area contributed by atoms with Crippen LogP contribution in [0.25, 0.3) is 21.8 Å². The molecule has 0 radical (unpaired) electrons. The molecule has 23 N–H and O–H groups in total. The number of nitrogens with zero attached hydrogens (tertiary/aromatic N) is 7. The lowest BCUT2D eigenvalue weighted by Gasteiger charge is -2.36. The summed E-state index contributed by atoms with van der Waals surface area (Å²) in [6.07, 6.45) is 8.23. The van der Waals surface area contributed by atoms with Crippen LogP contribution in [-0.2, 0) is 114 Å². The number of aliphatic hydroxyl groups excluding tert-OH is 1. The average molecular weight is 1880 g/mol. The highest BCUT2D eigenvalue weighted by atomic mass is 32.2. The van der Waals surface area contributed by atoms with Crippen LogP contribution in [-0.4, -0.2) is 317 Å². The number of aliphatic hydroxyl groups is 1. The zero-order valence-electron chi connectivity index (χ0n) is 75.9. The molecular weight excluding hydrogens is 1750 g/mol. The fraction of sp³-hybridized carbons (Fsp3) is 0.483. The number of likely N-dealkylation sites (N-methyl/N-ethyl adjacent to an activating group) is 4. The number of nitrogens with two attached hydrogens (primary N) is 3. The molecular formula is C89H122N26O18S. The maximum Gasteiger partial charge on any atom is 0.246 e. The number of aromatic amines is 4. The molecule has 0 aliphatic carbocycles. The lowest BCUT2D eigenvalue weighted by atomic mass is 10.00. The first-order chi connectivity index (χ1) is 64.1. The van der Waals surface area contributed by atoms with E-state index < -0.39 is 223 Å². The van der Waals surface area contributed by atoms with E-state index in [1.807, 2.05) is 13.8 Å². The third-order valence-electron chi connectivity index (χ3n) is 23.4. The van der Waals surface area contributed by atoms with Gasteiger partial charge in [0.2, 0.25) is 100 Å². The monoisotopic (exact) mass is 1870 g/mol. The molecule has 0 spiro atoms. The minimum Gasteiger partial charge on any atom is -0.394 e. The predicted octanol–water partition coefficient (Wildman–Crippen LogP) is -3.22. The van der Waals surface area contributed by atoms with E-state index >= 15 is 33.6 Å². The van der Waals surface area contributed by atoms with Gasteiger partial charge in [0.25, 0.3) is 0 Å². The number of hydrogen-bond acceptors (Lipinski definition) is 22. The van der Waals surface area contributed by atoms with Crippen LogP contribution >= 0.6 is 11.8 Å². The molecule has 2 fully saturated rings. The molecule has 13 unspecified atom stereocenters. The number of imidazole rings is 2. The summed E-state index contributed by atoms with van der Waals surface area (Å²) in [6.45, 7) is 2.28. The van der Waals surface area contributed by atoms with Crippen LogP contribution in [0.5, 0.6) is 0 Å². The van der Waals surface area contributed by atoms with Gasteiger partial charge in [-0.1, -0.05) is 106 Å². The van der Waals surface area contributed by atoms with E-state index in [1.54, 1.807) is 91.3 Å². The summed E-state index contributed by atoms with van der Waals surface area (Å²) in [6, 6.07) is 2.48. The van der Waals surface area contributed by atoms with Gasteiger partial charge in [0.1, 0.15) is 78.5 Å². The van der Waals surface area contributed by atoms with Crippen LogP contribution in [0.4, 0.5) is 0 Å². The maximum absolute atomic E-state index is 15.7. The number of amides is 17. The molecule has 0 bridgehead atoms. The number of hydrogen-bond donors (Lipinski definition) is 20.